The average Bonchev–Trinajstić information content (AvgIpc) is 2.98. The molecule has 4 nitrogen and oxygen atoms in total. The molecule has 2 rings (SSSR count). The lowest BCUT2D eigenvalue weighted by atomic mass is 10.0. The second-order valence-electron chi connectivity index (χ2n) is 5.13. The summed E-state index contributed by atoms with van der Waals surface area (Å²) in [4.78, 5) is 12.0. The number of urea groups is 1. The summed E-state index contributed by atoms with van der Waals surface area (Å²) in [7, 11) is 0. The number of carbonyl (C=O) groups is 1. The van der Waals surface area contributed by atoms with E-state index in [1.807, 2.05) is 6.07 Å². The van der Waals surface area contributed by atoms with Gasteiger partial charge >= 0.3 is 6.03 Å². The first-order valence-corrected chi connectivity index (χ1v) is 7.51. The Balaban J connectivity index is 1.95. The number of hydrogen-bond acceptors (Lipinski definition) is 2. The molecule has 4 heteroatoms. The molecular weight excluding hydrogens is 252 g/mol. The molecule has 1 fully saturated rings. The molecule has 1 unspecified atom stereocenters. The van der Waals surface area contributed by atoms with Crippen molar-refractivity contribution in [2.75, 3.05) is 18.5 Å². The van der Waals surface area contributed by atoms with Crippen molar-refractivity contribution in [3.05, 3.63) is 29.3 Å². The number of anilines is 1. The molecule has 2 amide bonds. The predicted octanol–water partition coefficient (Wildman–Crippen LogP) is 3.11. The summed E-state index contributed by atoms with van der Waals surface area (Å²) in [6, 6.07) is 6.03. The van der Waals surface area contributed by atoms with Crippen LogP contribution in [0, 0.1) is 0 Å². The van der Waals surface area contributed by atoms with Gasteiger partial charge in [-0.3, -0.25) is 0 Å². The van der Waals surface area contributed by atoms with Gasteiger partial charge in [-0.2, -0.15) is 0 Å². The minimum Gasteiger partial charge on any atom is -0.376 e. The van der Waals surface area contributed by atoms with E-state index in [0.717, 1.165) is 38.0 Å². The molecule has 0 aliphatic carbocycles. The monoisotopic (exact) mass is 276 g/mol. The summed E-state index contributed by atoms with van der Waals surface area (Å²) in [5.74, 6) is 0. The lowest BCUT2D eigenvalue weighted by Gasteiger charge is -2.16. The number of aryl methyl sites for hydroxylation is 2. The lowest BCUT2D eigenvalue weighted by molar-refractivity contribution is 0.112. The molecule has 1 saturated heterocycles. The Morgan fingerprint density at radius 3 is 2.55 bits per heavy atom. The number of amides is 2. The molecule has 2 N–H and O–H groups in total. The van der Waals surface area contributed by atoms with E-state index >= 15 is 0 Å². The Morgan fingerprint density at radius 1 is 1.30 bits per heavy atom. The molecule has 0 bridgehead atoms. The molecule has 1 aliphatic rings. The Labute approximate surface area is 120 Å². The third kappa shape index (κ3) is 3.73. The third-order valence-corrected chi connectivity index (χ3v) is 3.75. The molecule has 1 aromatic carbocycles. The number of hydrogen-bond donors (Lipinski definition) is 2. The van der Waals surface area contributed by atoms with Crippen molar-refractivity contribution in [3.8, 4) is 0 Å². The van der Waals surface area contributed by atoms with Crippen LogP contribution in [0.25, 0.3) is 0 Å². The van der Waals surface area contributed by atoms with E-state index in [1.54, 1.807) is 0 Å². The standard InChI is InChI=1S/C16H24N2O2/c1-3-12-7-5-8-13(4-2)15(12)18-16(19)17-11-14-9-6-10-20-14/h5,7-8,14H,3-4,6,9-11H2,1-2H3,(H2,17,18,19). The summed E-state index contributed by atoms with van der Waals surface area (Å²) in [6.07, 6.45) is 4.12. The summed E-state index contributed by atoms with van der Waals surface area (Å²) in [5.41, 5.74) is 3.32. The highest BCUT2D eigenvalue weighted by molar-refractivity contribution is 5.91. The van der Waals surface area contributed by atoms with Crippen molar-refractivity contribution in [2.24, 2.45) is 0 Å². The second kappa shape index (κ2) is 7.29. The molecular formula is C16H24N2O2. The van der Waals surface area contributed by atoms with Gasteiger partial charge in [-0.25, -0.2) is 4.79 Å². The first kappa shape index (κ1) is 14.9. The van der Waals surface area contributed by atoms with Gasteiger partial charge in [0.25, 0.3) is 0 Å². The lowest BCUT2D eigenvalue weighted by Crippen LogP contribution is -2.35. The molecule has 20 heavy (non-hydrogen) atoms. The zero-order chi connectivity index (χ0) is 14.4. The minimum absolute atomic E-state index is 0.142. The van der Waals surface area contributed by atoms with E-state index in [2.05, 4.69) is 36.6 Å². The average molecular weight is 276 g/mol. The molecule has 1 atom stereocenters. The molecule has 1 aliphatic heterocycles. The van der Waals surface area contributed by atoms with Gasteiger partial charge in [0, 0.05) is 18.8 Å². The highest BCUT2D eigenvalue weighted by Gasteiger charge is 2.16. The van der Waals surface area contributed by atoms with Crippen molar-refractivity contribution in [1.82, 2.24) is 5.32 Å². The van der Waals surface area contributed by atoms with Crippen LogP contribution >= 0.6 is 0 Å². The van der Waals surface area contributed by atoms with Gasteiger partial charge in [0.2, 0.25) is 0 Å². The number of rotatable bonds is 5. The van der Waals surface area contributed by atoms with Crippen LogP contribution in [0.5, 0.6) is 0 Å². The molecule has 0 saturated carbocycles. The molecule has 1 heterocycles. The maximum atomic E-state index is 12.0. The molecule has 1 aromatic rings. The smallest absolute Gasteiger partial charge is 0.319 e. The van der Waals surface area contributed by atoms with Gasteiger partial charge < -0.3 is 15.4 Å². The Hall–Kier alpha value is -1.55. The summed E-state index contributed by atoms with van der Waals surface area (Å²) < 4.78 is 5.50. The van der Waals surface area contributed by atoms with Gasteiger partial charge in [0.05, 0.1) is 6.10 Å². The van der Waals surface area contributed by atoms with E-state index in [9.17, 15) is 4.79 Å². The van der Waals surface area contributed by atoms with E-state index < -0.39 is 0 Å². The normalized spacial score (nSPS) is 18.0. The van der Waals surface area contributed by atoms with Crippen LogP contribution in [-0.2, 0) is 17.6 Å². The summed E-state index contributed by atoms with van der Waals surface area (Å²) in [6.45, 7) is 5.60. The van der Waals surface area contributed by atoms with Crippen LogP contribution < -0.4 is 10.6 Å². The fourth-order valence-corrected chi connectivity index (χ4v) is 2.57. The number of ether oxygens (including phenoxy) is 1. The molecule has 0 spiro atoms. The van der Waals surface area contributed by atoms with E-state index in [1.165, 1.54) is 11.1 Å². The first-order valence-electron chi connectivity index (χ1n) is 7.51. The van der Waals surface area contributed by atoms with Crippen LogP contribution in [0.1, 0.15) is 37.8 Å². The minimum atomic E-state index is -0.142. The van der Waals surface area contributed by atoms with Gasteiger partial charge in [-0.05, 0) is 36.8 Å². The van der Waals surface area contributed by atoms with E-state index in [0.29, 0.717) is 6.54 Å². The highest BCUT2D eigenvalue weighted by Crippen LogP contribution is 2.22. The third-order valence-electron chi connectivity index (χ3n) is 3.75. The Bertz CT molecular complexity index is 432. The topological polar surface area (TPSA) is 50.4 Å². The quantitative estimate of drug-likeness (QED) is 0.868. The number of carbonyl (C=O) groups excluding carboxylic acids is 1. The maximum absolute atomic E-state index is 12.0. The van der Waals surface area contributed by atoms with Gasteiger partial charge in [-0.1, -0.05) is 32.0 Å². The highest BCUT2D eigenvalue weighted by atomic mass is 16.5. The Kier molecular flexibility index (Phi) is 5.41. The molecule has 0 aromatic heterocycles. The van der Waals surface area contributed by atoms with Crippen LogP contribution in [0.3, 0.4) is 0 Å². The van der Waals surface area contributed by atoms with Crippen LogP contribution in [0.15, 0.2) is 18.2 Å². The van der Waals surface area contributed by atoms with Crippen molar-refractivity contribution < 1.29 is 9.53 Å². The summed E-state index contributed by atoms with van der Waals surface area (Å²) in [5, 5.41) is 5.90. The van der Waals surface area contributed by atoms with Gasteiger partial charge in [0.15, 0.2) is 0 Å². The molecule has 0 radical (unpaired) electrons. The van der Waals surface area contributed by atoms with E-state index in [-0.39, 0.29) is 12.1 Å². The van der Waals surface area contributed by atoms with E-state index in [4.69, 9.17) is 4.74 Å². The fourth-order valence-electron chi connectivity index (χ4n) is 2.57. The fraction of sp³-hybridized carbons (Fsp3) is 0.562. The zero-order valence-electron chi connectivity index (χ0n) is 12.4. The maximum Gasteiger partial charge on any atom is 0.319 e. The van der Waals surface area contributed by atoms with Crippen molar-refractivity contribution in [2.45, 2.75) is 45.6 Å². The van der Waals surface area contributed by atoms with Crippen molar-refractivity contribution in [3.63, 3.8) is 0 Å². The molecule has 110 valence electrons. The number of para-hydroxylation sites is 1. The first-order chi connectivity index (χ1) is 9.74. The number of nitrogens with one attached hydrogen (secondary N) is 2. The SMILES string of the molecule is CCc1cccc(CC)c1NC(=O)NCC1CCCO1. The van der Waals surface area contributed by atoms with Crippen LogP contribution in [0.2, 0.25) is 0 Å². The van der Waals surface area contributed by atoms with Gasteiger partial charge in [-0.15, -0.1) is 0 Å². The largest absolute Gasteiger partial charge is 0.376 e. The van der Waals surface area contributed by atoms with Crippen molar-refractivity contribution in [1.29, 1.82) is 0 Å². The van der Waals surface area contributed by atoms with Crippen LogP contribution in [-0.4, -0.2) is 25.3 Å². The number of benzene rings is 1. The van der Waals surface area contributed by atoms with Crippen molar-refractivity contribution >= 4 is 11.7 Å². The van der Waals surface area contributed by atoms with Crippen LogP contribution in [0.4, 0.5) is 10.5 Å². The Morgan fingerprint density at radius 2 is 2.00 bits per heavy atom. The predicted molar refractivity (Wildman–Crippen MR) is 81.2 cm³/mol. The summed E-state index contributed by atoms with van der Waals surface area (Å²) >= 11 is 0. The van der Waals surface area contributed by atoms with Gasteiger partial charge in [0.1, 0.15) is 0 Å². The second-order valence-corrected chi connectivity index (χ2v) is 5.13. The zero-order valence-corrected chi connectivity index (χ0v) is 12.4.